The van der Waals surface area contributed by atoms with Crippen LogP contribution in [0.1, 0.15) is 28.7 Å². The van der Waals surface area contributed by atoms with E-state index in [4.69, 9.17) is 11.6 Å². The number of alkyl halides is 1. The van der Waals surface area contributed by atoms with Crippen molar-refractivity contribution < 1.29 is 0 Å². The summed E-state index contributed by atoms with van der Waals surface area (Å²) in [6.07, 6.45) is 6.04. The second-order valence-corrected chi connectivity index (χ2v) is 5.21. The Morgan fingerprint density at radius 2 is 1.83 bits per heavy atom. The molecule has 18 heavy (non-hydrogen) atoms. The van der Waals surface area contributed by atoms with E-state index < -0.39 is 0 Å². The summed E-state index contributed by atoms with van der Waals surface area (Å²) < 4.78 is 1.98. The van der Waals surface area contributed by atoms with Gasteiger partial charge < -0.3 is 0 Å². The summed E-state index contributed by atoms with van der Waals surface area (Å²) in [7, 11) is 0. The molecule has 1 heterocycles. The summed E-state index contributed by atoms with van der Waals surface area (Å²) in [5, 5.41) is 4.46. The van der Waals surface area contributed by atoms with Crippen molar-refractivity contribution in [2.24, 2.45) is 0 Å². The predicted molar refractivity (Wildman–Crippen MR) is 76.8 cm³/mol. The van der Waals surface area contributed by atoms with E-state index in [-0.39, 0.29) is 0 Å². The number of benzene rings is 1. The van der Waals surface area contributed by atoms with Gasteiger partial charge in [-0.25, -0.2) is 4.68 Å². The number of halogens is 1. The largest absolute Gasteiger partial charge is 0.240 e. The first-order valence-electron chi connectivity index (χ1n) is 6.29. The van der Waals surface area contributed by atoms with Crippen LogP contribution in [0.5, 0.6) is 0 Å². The molecule has 0 saturated heterocycles. The van der Waals surface area contributed by atoms with Crippen LogP contribution in [0.2, 0.25) is 0 Å². The maximum absolute atomic E-state index is 5.72. The summed E-state index contributed by atoms with van der Waals surface area (Å²) in [5.74, 6) is 0.702. The molecule has 0 N–H and O–H groups in total. The molecule has 0 radical (unpaired) electrons. The molecular weight excluding hydrogens is 244 g/mol. The average Bonchev–Trinajstić information content (AvgIpc) is 2.73. The first kappa shape index (κ1) is 13.2. The number of nitrogens with zero attached hydrogens (tertiary/aromatic N) is 2. The van der Waals surface area contributed by atoms with Crippen molar-refractivity contribution in [2.45, 2.75) is 33.6 Å². The van der Waals surface area contributed by atoms with E-state index in [9.17, 15) is 0 Å². The Balaban J connectivity index is 2.34. The zero-order valence-corrected chi connectivity index (χ0v) is 12.0. The number of hydrogen-bond acceptors (Lipinski definition) is 1. The second kappa shape index (κ2) is 5.57. The lowest BCUT2D eigenvalue weighted by molar-refractivity contribution is 0.861. The molecule has 0 aliphatic heterocycles. The van der Waals surface area contributed by atoms with Crippen LogP contribution < -0.4 is 0 Å². The highest BCUT2D eigenvalue weighted by Crippen LogP contribution is 2.20. The van der Waals surface area contributed by atoms with Crippen molar-refractivity contribution >= 4 is 11.6 Å². The lowest BCUT2D eigenvalue weighted by Gasteiger charge is -2.11. The molecule has 0 atom stereocenters. The average molecular weight is 263 g/mol. The first-order valence-corrected chi connectivity index (χ1v) is 6.83. The van der Waals surface area contributed by atoms with Gasteiger partial charge in [0.05, 0.1) is 11.9 Å². The molecule has 2 aromatic rings. The molecule has 0 aliphatic carbocycles. The smallest absolute Gasteiger partial charge is 0.0704 e. The Bertz CT molecular complexity index is 520. The molecule has 2 nitrogen and oxygen atoms in total. The van der Waals surface area contributed by atoms with Gasteiger partial charge in [-0.05, 0) is 50.3 Å². The third-order valence-corrected chi connectivity index (χ3v) is 3.37. The summed E-state index contributed by atoms with van der Waals surface area (Å²) >= 11 is 5.72. The fraction of sp³-hybridized carbons (Fsp3) is 0.400. The van der Waals surface area contributed by atoms with Crippen LogP contribution in [0, 0.1) is 20.8 Å². The Morgan fingerprint density at radius 3 is 2.44 bits per heavy atom. The third kappa shape index (κ3) is 2.75. The molecule has 96 valence electrons. The van der Waals surface area contributed by atoms with Crippen LogP contribution in [0.15, 0.2) is 24.5 Å². The normalized spacial score (nSPS) is 10.9. The lowest BCUT2D eigenvalue weighted by atomic mass is 10.1. The van der Waals surface area contributed by atoms with Gasteiger partial charge in [-0.2, -0.15) is 5.10 Å². The van der Waals surface area contributed by atoms with E-state index in [1.807, 2.05) is 10.9 Å². The van der Waals surface area contributed by atoms with Gasteiger partial charge in [-0.15, -0.1) is 11.6 Å². The van der Waals surface area contributed by atoms with Crippen molar-refractivity contribution in [3.05, 3.63) is 46.8 Å². The first-order chi connectivity index (χ1) is 8.61. The second-order valence-electron chi connectivity index (χ2n) is 4.83. The molecule has 0 saturated carbocycles. The fourth-order valence-electron chi connectivity index (χ4n) is 2.42. The van der Waals surface area contributed by atoms with Gasteiger partial charge in [0.25, 0.3) is 0 Å². The van der Waals surface area contributed by atoms with Crippen molar-refractivity contribution in [2.75, 3.05) is 5.88 Å². The van der Waals surface area contributed by atoms with Gasteiger partial charge in [0, 0.05) is 12.1 Å². The Morgan fingerprint density at radius 1 is 1.17 bits per heavy atom. The van der Waals surface area contributed by atoms with Gasteiger partial charge in [-0.3, -0.25) is 0 Å². The highest BCUT2D eigenvalue weighted by Gasteiger charge is 2.07. The molecule has 1 aromatic heterocycles. The maximum Gasteiger partial charge on any atom is 0.0704 e. The van der Waals surface area contributed by atoms with Crippen LogP contribution in [-0.4, -0.2) is 15.7 Å². The molecule has 0 bridgehead atoms. The van der Waals surface area contributed by atoms with Gasteiger partial charge in [0.2, 0.25) is 0 Å². The van der Waals surface area contributed by atoms with Crippen LogP contribution in [0.4, 0.5) is 0 Å². The van der Waals surface area contributed by atoms with Gasteiger partial charge in [-0.1, -0.05) is 17.7 Å². The molecule has 1 aromatic carbocycles. The summed E-state index contributed by atoms with van der Waals surface area (Å²) in [6.45, 7) is 6.39. The van der Waals surface area contributed by atoms with Crippen molar-refractivity contribution in [3.63, 3.8) is 0 Å². The highest BCUT2D eigenvalue weighted by molar-refractivity contribution is 6.17. The zero-order valence-electron chi connectivity index (χ0n) is 11.2. The van der Waals surface area contributed by atoms with E-state index in [2.05, 4.69) is 44.2 Å². The molecule has 0 amide bonds. The van der Waals surface area contributed by atoms with E-state index >= 15 is 0 Å². The van der Waals surface area contributed by atoms with E-state index in [0.717, 1.165) is 12.8 Å². The third-order valence-electron chi connectivity index (χ3n) is 3.10. The topological polar surface area (TPSA) is 17.8 Å². The molecular formula is C15H19ClN2. The lowest BCUT2D eigenvalue weighted by Crippen LogP contribution is -2.01. The van der Waals surface area contributed by atoms with E-state index in [1.165, 1.54) is 27.9 Å². The minimum Gasteiger partial charge on any atom is -0.240 e. The number of aromatic nitrogens is 2. The quantitative estimate of drug-likeness (QED) is 0.763. The van der Waals surface area contributed by atoms with Gasteiger partial charge in [0.15, 0.2) is 0 Å². The minimum absolute atomic E-state index is 0.702. The summed E-state index contributed by atoms with van der Waals surface area (Å²) in [5.41, 5.74) is 6.26. The molecule has 0 unspecified atom stereocenters. The van der Waals surface area contributed by atoms with Gasteiger partial charge >= 0.3 is 0 Å². The molecule has 2 rings (SSSR count). The molecule has 0 fully saturated rings. The van der Waals surface area contributed by atoms with E-state index in [0.29, 0.717) is 5.88 Å². The number of aryl methyl sites for hydroxylation is 4. The summed E-state index contributed by atoms with van der Waals surface area (Å²) in [4.78, 5) is 0. The Hall–Kier alpha value is -1.28. The monoisotopic (exact) mass is 262 g/mol. The highest BCUT2D eigenvalue weighted by atomic mass is 35.5. The van der Waals surface area contributed by atoms with Crippen molar-refractivity contribution in [3.8, 4) is 5.69 Å². The number of hydrogen-bond donors (Lipinski definition) is 0. The minimum atomic E-state index is 0.702. The molecule has 3 heteroatoms. The SMILES string of the molecule is Cc1cc(C)c(-n2cc(CCCCl)cn2)c(C)c1. The van der Waals surface area contributed by atoms with Crippen LogP contribution >= 0.6 is 11.6 Å². The number of rotatable bonds is 4. The van der Waals surface area contributed by atoms with Crippen molar-refractivity contribution in [1.29, 1.82) is 0 Å². The van der Waals surface area contributed by atoms with E-state index in [1.54, 1.807) is 0 Å². The maximum atomic E-state index is 5.72. The predicted octanol–water partition coefficient (Wildman–Crippen LogP) is 3.97. The van der Waals surface area contributed by atoms with Crippen LogP contribution in [0.3, 0.4) is 0 Å². The van der Waals surface area contributed by atoms with Gasteiger partial charge in [0.1, 0.15) is 0 Å². The van der Waals surface area contributed by atoms with Crippen LogP contribution in [0.25, 0.3) is 5.69 Å². The van der Waals surface area contributed by atoms with Crippen molar-refractivity contribution in [1.82, 2.24) is 9.78 Å². The van der Waals surface area contributed by atoms with Crippen LogP contribution in [-0.2, 0) is 6.42 Å². The molecule has 0 aliphatic rings. The fourth-order valence-corrected chi connectivity index (χ4v) is 2.55. The zero-order chi connectivity index (χ0) is 13.1. The Labute approximate surface area is 114 Å². The Kier molecular flexibility index (Phi) is 4.07. The summed E-state index contributed by atoms with van der Waals surface area (Å²) in [6, 6.07) is 4.39. The molecule has 0 spiro atoms. The standard InChI is InChI=1S/C15H19ClN2/c1-11-7-12(2)15(13(3)8-11)18-10-14(9-17-18)5-4-6-16/h7-10H,4-6H2,1-3H3.